The van der Waals surface area contributed by atoms with E-state index in [1.54, 1.807) is 0 Å². The number of benzene rings is 3. The van der Waals surface area contributed by atoms with Crippen molar-refractivity contribution in [2.75, 3.05) is 20.2 Å². The molecule has 4 rings (SSSR count). The van der Waals surface area contributed by atoms with Gasteiger partial charge in [-0.2, -0.15) is 13.2 Å². The predicted octanol–water partition coefficient (Wildman–Crippen LogP) is 5.45. The van der Waals surface area contributed by atoms with Crippen molar-refractivity contribution >= 4 is 11.9 Å². The molecule has 0 radical (unpaired) electrons. The molecule has 0 unspecified atom stereocenters. The number of rotatable bonds is 7. The predicted molar refractivity (Wildman–Crippen MR) is 127 cm³/mol. The zero-order chi connectivity index (χ0) is 25.7. The molecule has 1 aliphatic rings. The van der Waals surface area contributed by atoms with E-state index in [0.717, 1.165) is 24.3 Å². The summed E-state index contributed by atoms with van der Waals surface area (Å²) in [6.07, 6.45) is -4.76. The lowest BCUT2D eigenvalue weighted by Gasteiger charge is -2.22. The summed E-state index contributed by atoms with van der Waals surface area (Å²) in [6.45, 7) is 1.12. The number of alkyl halides is 3. The highest BCUT2D eigenvalue weighted by molar-refractivity contribution is 5.93. The number of likely N-dealkylation sites (tertiary alicyclic amines) is 1. The highest BCUT2D eigenvalue weighted by Crippen LogP contribution is 2.41. The fraction of sp³-hybridized carbons (Fsp3) is 0.286. The first-order valence-electron chi connectivity index (χ1n) is 11.5. The monoisotopic (exact) mass is 497 g/mol. The Morgan fingerprint density at radius 2 is 1.53 bits per heavy atom. The lowest BCUT2D eigenvalue weighted by molar-refractivity contribution is -0.149. The highest BCUT2D eigenvalue weighted by Gasteiger charge is 2.44. The quantitative estimate of drug-likeness (QED) is 0.407. The summed E-state index contributed by atoms with van der Waals surface area (Å²) < 4.78 is 51.8. The standard InChI is InChI=1S/C28H26F3NO4/c1-35-27(34)25-21(13-8-14-24(25)28(29,30)31)22-16-32(15-19-9-4-2-5-10-19)17-23(22)26(33)36-18-20-11-6-3-7-12-20/h2-14,22-23H,15-18H2,1H3/t22-,23+/m0/s1. The molecule has 1 aliphatic heterocycles. The molecular weight excluding hydrogens is 471 g/mol. The zero-order valence-electron chi connectivity index (χ0n) is 19.7. The fourth-order valence-corrected chi connectivity index (χ4v) is 4.69. The molecule has 188 valence electrons. The van der Waals surface area contributed by atoms with Crippen LogP contribution in [0.2, 0.25) is 0 Å². The molecule has 3 aromatic carbocycles. The SMILES string of the molecule is COC(=O)c1c([C@@H]2CN(Cc3ccccc3)C[C@H]2C(=O)OCc2ccccc2)cccc1C(F)(F)F. The Hall–Kier alpha value is -3.65. The molecule has 0 N–H and O–H groups in total. The number of nitrogens with zero attached hydrogens (tertiary/aromatic N) is 1. The number of hydrogen-bond donors (Lipinski definition) is 0. The van der Waals surface area contributed by atoms with Crippen molar-refractivity contribution in [3.05, 3.63) is 107 Å². The Balaban J connectivity index is 1.68. The van der Waals surface area contributed by atoms with Gasteiger partial charge < -0.3 is 9.47 Å². The van der Waals surface area contributed by atoms with Gasteiger partial charge in [-0.3, -0.25) is 9.69 Å². The van der Waals surface area contributed by atoms with Gasteiger partial charge in [0.05, 0.1) is 24.2 Å². The molecule has 36 heavy (non-hydrogen) atoms. The van der Waals surface area contributed by atoms with Gasteiger partial charge in [0.15, 0.2) is 0 Å². The molecule has 1 fully saturated rings. The summed E-state index contributed by atoms with van der Waals surface area (Å²) in [7, 11) is 1.04. The van der Waals surface area contributed by atoms with Crippen molar-refractivity contribution in [1.29, 1.82) is 0 Å². The van der Waals surface area contributed by atoms with Crippen molar-refractivity contribution in [1.82, 2.24) is 4.90 Å². The van der Waals surface area contributed by atoms with E-state index in [0.29, 0.717) is 6.54 Å². The summed E-state index contributed by atoms with van der Waals surface area (Å²) in [4.78, 5) is 27.8. The largest absolute Gasteiger partial charge is 0.465 e. The molecule has 2 atom stereocenters. The van der Waals surface area contributed by atoms with Crippen LogP contribution in [0, 0.1) is 5.92 Å². The van der Waals surface area contributed by atoms with Crippen LogP contribution in [0.5, 0.6) is 0 Å². The van der Waals surface area contributed by atoms with Gasteiger partial charge >= 0.3 is 18.1 Å². The van der Waals surface area contributed by atoms with Gasteiger partial charge in [-0.05, 0) is 22.8 Å². The first-order valence-corrected chi connectivity index (χ1v) is 11.5. The maximum atomic E-state index is 13.8. The second-order valence-electron chi connectivity index (χ2n) is 8.75. The Kier molecular flexibility index (Phi) is 7.74. The number of ether oxygens (including phenoxy) is 2. The third-order valence-corrected chi connectivity index (χ3v) is 6.36. The van der Waals surface area contributed by atoms with Gasteiger partial charge in [0.1, 0.15) is 6.61 Å². The van der Waals surface area contributed by atoms with Crippen molar-refractivity contribution in [2.24, 2.45) is 5.92 Å². The molecule has 0 saturated carbocycles. The van der Waals surface area contributed by atoms with Crippen LogP contribution in [0.25, 0.3) is 0 Å². The third-order valence-electron chi connectivity index (χ3n) is 6.36. The molecule has 0 aliphatic carbocycles. The van der Waals surface area contributed by atoms with Gasteiger partial charge in [-0.1, -0.05) is 72.8 Å². The van der Waals surface area contributed by atoms with Crippen LogP contribution in [0.3, 0.4) is 0 Å². The molecule has 5 nitrogen and oxygen atoms in total. The molecular formula is C28H26F3NO4. The first kappa shape index (κ1) is 25.4. The van der Waals surface area contributed by atoms with E-state index in [-0.39, 0.29) is 25.3 Å². The Labute approximate surface area is 207 Å². The van der Waals surface area contributed by atoms with Crippen LogP contribution in [-0.2, 0) is 33.6 Å². The molecule has 1 saturated heterocycles. The van der Waals surface area contributed by atoms with Gasteiger partial charge in [-0.15, -0.1) is 0 Å². The topological polar surface area (TPSA) is 55.8 Å². The van der Waals surface area contributed by atoms with Crippen LogP contribution < -0.4 is 0 Å². The van der Waals surface area contributed by atoms with E-state index in [2.05, 4.69) is 0 Å². The van der Waals surface area contributed by atoms with E-state index in [4.69, 9.17) is 9.47 Å². The second-order valence-corrected chi connectivity index (χ2v) is 8.75. The summed E-state index contributed by atoms with van der Waals surface area (Å²) in [5.74, 6) is -3.05. The van der Waals surface area contributed by atoms with Gasteiger partial charge in [0.2, 0.25) is 0 Å². The Bertz CT molecular complexity index is 1200. The number of carbonyl (C=O) groups is 2. The molecule has 0 amide bonds. The van der Waals surface area contributed by atoms with E-state index >= 15 is 0 Å². The summed E-state index contributed by atoms with van der Waals surface area (Å²) in [6, 6.07) is 22.3. The molecule has 8 heteroatoms. The van der Waals surface area contributed by atoms with E-state index in [1.807, 2.05) is 65.6 Å². The normalized spacial score (nSPS) is 18.1. The summed E-state index contributed by atoms with van der Waals surface area (Å²) in [5, 5.41) is 0. The average molecular weight is 498 g/mol. The number of esters is 2. The molecule has 0 bridgehead atoms. The van der Waals surface area contributed by atoms with Crippen molar-refractivity contribution in [3.63, 3.8) is 0 Å². The Morgan fingerprint density at radius 1 is 0.889 bits per heavy atom. The minimum atomic E-state index is -4.76. The van der Waals surface area contributed by atoms with Crippen LogP contribution in [0.4, 0.5) is 13.2 Å². The van der Waals surface area contributed by atoms with E-state index < -0.39 is 41.1 Å². The smallest absolute Gasteiger partial charge is 0.417 e. The number of carbonyl (C=O) groups excluding carboxylic acids is 2. The van der Waals surface area contributed by atoms with Gasteiger partial charge in [0.25, 0.3) is 0 Å². The van der Waals surface area contributed by atoms with Gasteiger partial charge in [-0.25, -0.2) is 4.79 Å². The van der Waals surface area contributed by atoms with Crippen molar-refractivity contribution < 1.29 is 32.2 Å². The highest BCUT2D eigenvalue weighted by atomic mass is 19.4. The van der Waals surface area contributed by atoms with Crippen molar-refractivity contribution in [3.8, 4) is 0 Å². The average Bonchev–Trinajstić information content (AvgIpc) is 3.30. The van der Waals surface area contributed by atoms with Crippen LogP contribution in [0.15, 0.2) is 78.9 Å². The molecule has 1 heterocycles. The minimum absolute atomic E-state index is 0.0496. The van der Waals surface area contributed by atoms with E-state index in [9.17, 15) is 22.8 Å². The lowest BCUT2D eigenvalue weighted by Crippen LogP contribution is -2.26. The Morgan fingerprint density at radius 3 is 2.14 bits per heavy atom. The lowest BCUT2D eigenvalue weighted by atomic mass is 9.84. The molecule has 0 spiro atoms. The maximum absolute atomic E-state index is 13.8. The minimum Gasteiger partial charge on any atom is -0.465 e. The fourth-order valence-electron chi connectivity index (χ4n) is 4.69. The van der Waals surface area contributed by atoms with Crippen LogP contribution >= 0.6 is 0 Å². The van der Waals surface area contributed by atoms with E-state index in [1.165, 1.54) is 12.1 Å². The second kappa shape index (κ2) is 11.0. The number of halogens is 3. The number of hydrogen-bond acceptors (Lipinski definition) is 5. The number of methoxy groups -OCH3 is 1. The van der Waals surface area contributed by atoms with Crippen molar-refractivity contribution in [2.45, 2.75) is 25.2 Å². The molecule has 0 aromatic heterocycles. The third kappa shape index (κ3) is 5.76. The zero-order valence-corrected chi connectivity index (χ0v) is 19.7. The summed E-state index contributed by atoms with van der Waals surface area (Å²) >= 11 is 0. The first-order chi connectivity index (χ1) is 17.3. The summed E-state index contributed by atoms with van der Waals surface area (Å²) in [5.41, 5.74) is 0.307. The van der Waals surface area contributed by atoms with Gasteiger partial charge in [0, 0.05) is 25.6 Å². The van der Waals surface area contributed by atoms with Crippen LogP contribution in [0.1, 0.15) is 38.5 Å². The van der Waals surface area contributed by atoms with Crippen LogP contribution in [-0.4, -0.2) is 37.0 Å². The molecule has 3 aromatic rings. The maximum Gasteiger partial charge on any atom is 0.417 e.